The number of rotatable bonds is 10. The molecule has 2 aromatic heterocycles. The van der Waals surface area contributed by atoms with E-state index in [-0.39, 0.29) is 41.8 Å². The molecule has 1 N–H and O–H groups in total. The van der Waals surface area contributed by atoms with Gasteiger partial charge in [-0.2, -0.15) is 10.2 Å². The molecular formula is C47H52F2N10O6. The van der Waals surface area contributed by atoms with Crippen LogP contribution in [-0.2, 0) is 45.6 Å². The number of likely N-dealkylation sites (tertiary alicyclic amines) is 1. The van der Waals surface area contributed by atoms with Crippen LogP contribution in [0.2, 0.25) is 0 Å². The normalized spacial score (nSPS) is 20.3. The Balaban J connectivity index is 0.772. The number of carbonyl (C=O) groups is 6. The number of nitrogens with one attached hydrogen (secondary N) is 1. The number of halogens is 2. The number of carbonyl (C=O) groups excluding carboxylic acids is 6. The predicted octanol–water partition coefficient (Wildman–Crippen LogP) is 5.08. The van der Waals surface area contributed by atoms with Crippen LogP contribution in [0.15, 0.2) is 42.7 Å². The molecule has 65 heavy (non-hydrogen) atoms. The van der Waals surface area contributed by atoms with Gasteiger partial charge >= 0.3 is 0 Å². The Kier molecular flexibility index (Phi) is 11.0. The molecule has 6 amide bonds. The number of hydrogen-bond acceptors (Lipinski definition) is 10. The second kappa shape index (κ2) is 16.8. The maximum Gasteiger partial charge on any atom is 0.264 e. The van der Waals surface area contributed by atoms with Crippen molar-refractivity contribution >= 4 is 52.6 Å². The van der Waals surface area contributed by atoms with E-state index in [1.807, 2.05) is 21.9 Å². The third kappa shape index (κ3) is 7.63. The zero-order chi connectivity index (χ0) is 45.3. The summed E-state index contributed by atoms with van der Waals surface area (Å²) in [5, 5.41) is 11.7. The van der Waals surface area contributed by atoms with Crippen LogP contribution in [0.25, 0.3) is 11.1 Å². The van der Waals surface area contributed by atoms with Crippen LogP contribution in [0.1, 0.15) is 114 Å². The molecule has 16 nitrogen and oxygen atoms in total. The molecule has 1 unspecified atom stereocenters. The fourth-order valence-electron chi connectivity index (χ4n) is 10.8. The molecular weight excluding hydrogens is 839 g/mol. The number of alkyl halides is 2. The lowest BCUT2D eigenvalue weighted by Crippen LogP contribution is -2.54. The Labute approximate surface area is 374 Å². The van der Waals surface area contributed by atoms with Crippen LogP contribution >= 0.6 is 0 Å². The Bertz CT molecular complexity index is 2630. The molecule has 6 aliphatic rings. The van der Waals surface area contributed by atoms with Crippen molar-refractivity contribution < 1.29 is 37.5 Å². The van der Waals surface area contributed by atoms with E-state index in [9.17, 15) is 37.5 Å². The second-order valence-electron chi connectivity index (χ2n) is 18.3. The SMILES string of the molecule is CC(=O)N1CCc2c(c(N3CCCc4cc(-c5cnn(C)c5)c(C(F)F)cc43)nn2C2CCN(C(=O)CCCC3CN(c4cccc5c4C(=O)N(C4CCC(=O)NC4=O)C5=O)C3)CC2)C1. The van der Waals surface area contributed by atoms with Crippen LogP contribution in [0.5, 0.6) is 0 Å². The van der Waals surface area contributed by atoms with Crippen molar-refractivity contribution in [1.29, 1.82) is 0 Å². The van der Waals surface area contributed by atoms with Crippen LogP contribution in [0.3, 0.4) is 0 Å². The van der Waals surface area contributed by atoms with Gasteiger partial charge < -0.3 is 19.6 Å². The highest BCUT2D eigenvalue weighted by atomic mass is 19.3. The summed E-state index contributed by atoms with van der Waals surface area (Å²) in [4.78, 5) is 86.2. The van der Waals surface area contributed by atoms with Gasteiger partial charge in [-0.1, -0.05) is 6.07 Å². The van der Waals surface area contributed by atoms with Crippen molar-refractivity contribution in [2.24, 2.45) is 13.0 Å². The molecule has 1 atom stereocenters. The van der Waals surface area contributed by atoms with E-state index in [1.54, 1.807) is 49.2 Å². The number of benzene rings is 2. The van der Waals surface area contributed by atoms with Gasteiger partial charge in [0.1, 0.15) is 6.04 Å². The van der Waals surface area contributed by atoms with E-state index < -0.39 is 36.1 Å². The number of hydrogen-bond donors (Lipinski definition) is 1. The zero-order valence-electron chi connectivity index (χ0n) is 36.6. The fourth-order valence-corrected chi connectivity index (χ4v) is 10.8. The highest BCUT2D eigenvalue weighted by molar-refractivity contribution is 6.25. The van der Waals surface area contributed by atoms with Crippen LogP contribution in [0.4, 0.5) is 26.0 Å². The number of piperidine rings is 2. The molecule has 0 bridgehead atoms. The van der Waals surface area contributed by atoms with Crippen molar-refractivity contribution in [3.05, 3.63) is 76.2 Å². The minimum Gasteiger partial charge on any atom is -0.370 e. The Morgan fingerprint density at radius 1 is 0.908 bits per heavy atom. The summed E-state index contributed by atoms with van der Waals surface area (Å²) in [6, 6.07) is 7.67. The van der Waals surface area contributed by atoms with Gasteiger partial charge in [0.2, 0.25) is 23.6 Å². The number of aromatic nitrogens is 4. The summed E-state index contributed by atoms with van der Waals surface area (Å²) >= 11 is 0. The average Bonchev–Trinajstić information content (AvgIpc) is 3.96. The first kappa shape index (κ1) is 42.5. The smallest absolute Gasteiger partial charge is 0.264 e. The number of fused-ring (bicyclic) bond motifs is 3. The van der Waals surface area contributed by atoms with Crippen molar-refractivity contribution in [2.45, 2.75) is 96.2 Å². The van der Waals surface area contributed by atoms with Crippen LogP contribution in [-0.4, -0.2) is 115 Å². The lowest BCUT2D eigenvalue weighted by atomic mass is 9.91. The molecule has 0 saturated carbocycles. The summed E-state index contributed by atoms with van der Waals surface area (Å²) in [5.41, 5.74) is 5.98. The van der Waals surface area contributed by atoms with E-state index in [2.05, 4.69) is 24.9 Å². The van der Waals surface area contributed by atoms with Crippen molar-refractivity contribution in [3.63, 3.8) is 0 Å². The summed E-state index contributed by atoms with van der Waals surface area (Å²) in [6.45, 7) is 5.68. The number of anilines is 3. The number of imide groups is 2. The minimum atomic E-state index is -2.69. The molecule has 0 spiro atoms. The number of nitrogens with zero attached hydrogens (tertiary/aromatic N) is 9. The molecule has 3 fully saturated rings. The quantitative estimate of drug-likeness (QED) is 0.212. The molecule has 6 aliphatic heterocycles. The highest BCUT2D eigenvalue weighted by Gasteiger charge is 2.47. The third-order valence-corrected chi connectivity index (χ3v) is 14.3. The second-order valence-corrected chi connectivity index (χ2v) is 18.3. The zero-order valence-corrected chi connectivity index (χ0v) is 36.6. The monoisotopic (exact) mass is 890 g/mol. The van der Waals surface area contributed by atoms with Gasteiger partial charge in [-0.05, 0) is 86.3 Å². The van der Waals surface area contributed by atoms with E-state index >= 15 is 0 Å². The predicted molar refractivity (Wildman–Crippen MR) is 233 cm³/mol. The molecule has 3 saturated heterocycles. The number of aryl methyl sites for hydroxylation is 2. The molecule has 0 radical (unpaired) electrons. The first-order valence-corrected chi connectivity index (χ1v) is 22.8. The van der Waals surface area contributed by atoms with Crippen LogP contribution < -0.4 is 15.1 Å². The Hall–Kier alpha value is -6.46. The minimum absolute atomic E-state index is 0.0235. The van der Waals surface area contributed by atoms with Crippen molar-refractivity contribution in [1.82, 2.24) is 39.6 Å². The van der Waals surface area contributed by atoms with Crippen molar-refractivity contribution in [2.75, 3.05) is 49.1 Å². The fraction of sp³-hybridized carbons (Fsp3) is 0.489. The summed E-state index contributed by atoms with van der Waals surface area (Å²) < 4.78 is 33.2. The molecule has 340 valence electrons. The van der Waals surface area contributed by atoms with Gasteiger partial charge in [-0.3, -0.25) is 48.3 Å². The van der Waals surface area contributed by atoms with Gasteiger partial charge in [0.25, 0.3) is 18.2 Å². The van der Waals surface area contributed by atoms with E-state index in [1.165, 1.54) is 0 Å². The van der Waals surface area contributed by atoms with Gasteiger partial charge in [-0.15, -0.1) is 0 Å². The first-order chi connectivity index (χ1) is 31.3. The topological polar surface area (TPSA) is 166 Å². The summed E-state index contributed by atoms with van der Waals surface area (Å²) in [5.74, 6) is -0.980. The first-order valence-electron chi connectivity index (χ1n) is 22.8. The average molecular weight is 891 g/mol. The van der Waals surface area contributed by atoms with Gasteiger partial charge in [0.15, 0.2) is 5.82 Å². The largest absolute Gasteiger partial charge is 0.370 e. The van der Waals surface area contributed by atoms with Crippen LogP contribution in [0, 0.1) is 5.92 Å². The molecule has 2 aromatic carbocycles. The van der Waals surface area contributed by atoms with E-state index in [0.29, 0.717) is 92.8 Å². The molecule has 8 heterocycles. The lowest BCUT2D eigenvalue weighted by molar-refractivity contribution is -0.136. The molecule has 10 rings (SSSR count). The third-order valence-electron chi connectivity index (χ3n) is 14.3. The van der Waals surface area contributed by atoms with Gasteiger partial charge in [0.05, 0.1) is 35.6 Å². The molecule has 0 aliphatic carbocycles. The maximum absolute atomic E-state index is 14.7. The summed E-state index contributed by atoms with van der Waals surface area (Å²) in [6.07, 6.45) is 6.45. The maximum atomic E-state index is 14.7. The van der Waals surface area contributed by atoms with E-state index in [4.69, 9.17) is 5.10 Å². The Morgan fingerprint density at radius 2 is 1.71 bits per heavy atom. The number of amides is 6. The summed E-state index contributed by atoms with van der Waals surface area (Å²) in [7, 11) is 1.77. The van der Waals surface area contributed by atoms with Gasteiger partial charge in [0, 0.05) is 107 Å². The molecule has 4 aromatic rings. The molecule has 18 heteroatoms. The van der Waals surface area contributed by atoms with Gasteiger partial charge in [-0.25, -0.2) is 8.78 Å². The standard InChI is InChI=1S/C47H52F2N10O6/c1-27(60)55-19-15-36-35(26-55)44(57-16-5-7-29-20-33(30-22-50-53(2)25-30)34(43(48)49)21-39(29)57)52-59(36)31-13-17-54(18-14-31)41(62)10-3-6-28-23-56(24-28)37-9-4-8-32-42(37)47(65)58(46(32)64)38-11-12-40(61)51-45(38)63/h4,8-9,20-22,25,28,31,38,43H,3,5-7,10-19,23-24,26H2,1-2H3,(H,51,61,63). The highest BCUT2D eigenvalue weighted by Crippen LogP contribution is 2.44. The van der Waals surface area contributed by atoms with E-state index in [0.717, 1.165) is 65.9 Å². The Morgan fingerprint density at radius 3 is 2.43 bits per heavy atom. The lowest BCUT2D eigenvalue weighted by Gasteiger charge is -2.42. The van der Waals surface area contributed by atoms with Crippen molar-refractivity contribution in [3.8, 4) is 11.1 Å².